The SMILES string of the molecule is CC(C)(C)c1ccc2cc(N3C(=C4N(c5ccc6cc(C(C)(C)C)ccc6c5)c5ccccc5N4c4ccc5cc(C(C)(C)C)ccc5c4)N(c4ccc5cc(C(C)(C)C)ccc5c4)c4ccccc43)ccc2c1. The van der Waals surface area contributed by atoms with Gasteiger partial charge in [0.25, 0.3) is 0 Å². The Hall–Kier alpha value is -7.82. The van der Waals surface area contributed by atoms with Crippen molar-refractivity contribution in [2.45, 2.75) is 105 Å². The van der Waals surface area contributed by atoms with Gasteiger partial charge in [0.1, 0.15) is 0 Å². The van der Waals surface area contributed by atoms with Crippen molar-refractivity contribution in [3.63, 3.8) is 0 Å². The number of para-hydroxylation sites is 4. The average molecular weight is 965 g/mol. The molecule has 4 heteroatoms. The molecule has 0 amide bonds. The van der Waals surface area contributed by atoms with Crippen molar-refractivity contribution >= 4 is 88.6 Å². The van der Waals surface area contributed by atoms with Crippen LogP contribution in [0, 0.1) is 0 Å². The van der Waals surface area contributed by atoms with Crippen LogP contribution in [0.1, 0.15) is 105 Å². The van der Waals surface area contributed by atoms with Crippen molar-refractivity contribution in [3.05, 3.63) is 228 Å². The van der Waals surface area contributed by atoms with Gasteiger partial charge in [0.05, 0.1) is 22.7 Å². The van der Waals surface area contributed by atoms with Gasteiger partial charge in [0, 0.05) is 22.7 Å². The van der Waals surface area contributed by atoms with Gasteiger partial charge in [-0.2, -0.15) is 0 Å². The minimum absolute atomic E-state index is 0.0344. The Kier molecular flexibility index (Phi) is 10.8. The van der Waals surface area contributed by atoms with E-state index in [0.717, 1.165) is 57.1 Å². The van der Waals surface area contributed by atoms with E-state index in [1.54, 1.807) is 0 Å². The standard InChI is InChI=1S/C70H68N4/c1-67(2,3)53-29-21-49-41-57(33-25-45(49)37-53)71-61-17-13-14-18-62(61)72(58-34-26-46-38-54(68(4,5)6)30-22-50(46)42-58)65(71)66-73(59-35-27-47-39-55(69(7,8)9)31-23-51(47)43-59)63-19-15-16-20-64(63)74(66)60-36-28-48-40-56(70(10,11)12)32-24-52(48)44-60/h13-44H,1-12H3. The molecule has 0 aromatic heterocycles. The minimum Gasteiger partial charge on any atom is -0.291 e. The molecule has 0 fully saturated rings. The zero-order chi connectivity index (χ0) is 51.6. The fraction of sp³-hybridized carbons (Fsp3) is 0.229. The molecular weight excluding hydrogens is 897 g/mol. The summed E-state index contributed by atoms with van der Waals surface area (Å²) in [5.74, 6) is 2.06. The number of anilines is 8. The Labute approximate surface area is 438 Å². The van der Waals surface area contributed by atoms with Gasteiger partial charge < -0.3 is 0 Å². The fourth-order valence-corrected chi connectivity index (χ4v) is 11.1. The average Bonchev–Trinajstić information content (AvgIpc) is 3.96. The van der Waals surface area contributed by atoms with E-state index in [1.165, 1.54) is 65.3 Å². The lowest BCUT2D eigenvalue weighted by atomic mass is 9.86. The quantitative estimate of drug-likeness (QED) is 0.174. The Morgan fingerprint density at radius 2 is 0.405 bits per heavy atom. The van der Waals surface area contributed by atoms with Gasteiger partial charge in [-0.15, -0.1) is 0 Å². The maximum absolute atomic E-state index is 2.52. The molecule has 2 aliphatic heterocycles. The Morgan fingerprint density at radius 3 is 0.608 bits per heavy atom. The van der Waals surface area contributed by atoms with Crippen LogP contribution in [0.5, 0.6) is 0 Å². The normalized spacial score (nSPS) is 14.3. The molecule has 74 heavy (non-hydrogen) atoms. The highest BCUT2D eigenvalue weighted by atomic mass is 15.5. The molecule has 0 radical (unpaired) electrons. The molecule has 0 unspecified atom stereocenters. The van der Waals surface area contributed by atoms with Gasteiger partial charge >= 0.3 is 0 Å². The first-order valence-electron chi connectivity index (χ1n) is 26.5. The number of fused-ring (bicyclic) bond motifs is 6. The van der Waals surface area contributed by atoms with Crippen LogP contribution < -0.4 is 19.6 Å². The third-order valence-electron chi connectivity index (χ3n) is 15.6. The van der Waals surface area contributed by atoms with Gasteiger partial charge in [0.15, 0.2) is 11.6 Å². The Morgan fingerprint density at radius 1 is 0.216 bits per heavy atom. The predicted octanol–water partition coefficient (Wildman–Crippen LogP) is 19.9. The maximum atomic E-state index is 2.52. The van der Waals surface area contributed by atoms with Crippen molar-refractivity contribution in [3.8, 4) is 0 Å². The molecule has 2 heterocycles. The highest BCUT2D eigenvalue weighted by Crippen LogP contribution is 2.58. The van der Waals surface area contributed by atoms with E-state index in [2.05, 4.69) is 297 Å². The molecule has 0 spiro atoms. The van der Waals surface area contributed by atoms with E-state index in [4.69, 9.17) is 0 Å². The van der Waals surface area contributed by atoms with E-state index in [-0.39, 0.29) is 21.7 Å². The summed E-state index contributed by atoms with van der Waals surface area (Å²) in [5.41, 5.74) is 14.3. The number of benzene rings is 10. The molecule has 2 aliphatic rings. The Balaban J connectivity index is 1.18. The van der Waals surface area contributed by atoms with Gasteiger partial charge in [0.2, 0.25) is 0 Å². The first-order valence-corrected chi connectivity index (χ1v) is 26.5. The van der Waals surface area contributed by atoms with Crippen molar-refractivity contribution in [2.75, 3.05) is 19.6 Å². The fourth-order valence-electron chi connectivity index (χ4n) is 11.1. The van der Waals surface area contributed by atoms with E-state index in [0.29, 0.717) is 0 Å². The summed E-state index contributed by atoms with van der Waals surface area (Å²) in [6.45, 7) is 27.5. The molecule has 0 aliphatic carbocycles. The van der Waals surface area contributed by atoms with E-state index in [9.17, 15) is 0 Å². The largest absolute Gasteiger partial charge is 0.291 e. The van der Waals surface area contributed by atoms with Crippen LogP contribution in [0.25, 0.3) is 43.1 Å². The van der Waals surface area contributed by atoms with Crippen molar-refractivity contribution in [1.29, 1.82) is 0 Å². The van der Waals surface area contributed by atoms with Crippen molar-refractivity contribution < 1.29 is 0 Å². The third kappa shape index (κ3) is 8.07. The lowest BCUT2D eigenvalue weighted by Gasteiger charge is -2.34. The highest BCUT2D eigenvalue weighted by molar-refractivity contribution is 6.04. The topological polar surface area (TPSA) is 13.0 Å². The smallest absolute Gasteiger partial charge is 0.166 e. The van der Waals surface area contributed by atoms with Crippen LogP contribution in [0.3, 0.4) is 0 Å². The maximum Gasteiger partial charge on any atom is 0.166 e. The van der Waals surface area contributed by atoms with E-state index >= 15 is 0 Å². The monoisotopic (exact) mass is 965 g/mol. The predicted molar refractivity (Wildman–Crippen MR) is 319 cm³/mol. The molecular formula is C70H68N4. The van der Waals surface area contributed by atoms with Gasteiger partial charge in [-0.1, -0.05) is 204 Å². The van der Waals surface area contributed by atoms with Crippen LogP contribution in [-0.2, 0) is 21.7 Å². The van der Waals surface area contributed by atoms with Gasteiger partial charge in [-0.3, -0.25) is 19.6 Å². The number of rotatable bonds is 4. The van der Waals surface area contributed by atoms with Crippen LogP contribution in [-0.4, -0.2) is 0 Å². The van der Waals surface area contributed by atoms with Gasteiger partial charge in [-0.25, -0.2) is 0 Å². The molecule has 10 aromatic carbocycles. The molecule has 0 saturated carbocycles. The summed E-state index contributed by atoms with van der Waals surface area (Å²) in [4.78, 5) is 10.1. The molecule has 0 atom stereocenters. The third-order valence-corrected chi connectivity index (χ3v) is 15.6. The molecule has 0 bridgehead atoms. The van der Waals surface area contributed by atoms with Crippen LogP contribution in [0.4, 0.5) is 45.5 Å². The molecule has 12 rings (SSSR count). The van der Waals surface area contributed by atoms with E-state index in [1.807, 2.05) is 0 Å². The summed E-state index contributed by atoms with van der Waals surface area (Å²) < 4.78 is 0. The summed E-state index contributed by atoms with van der Waals surface area (Å²) in [5, 5.41) is 9.74. The molecule has 4 nitrogen and oxygen atoms in total. The van der Waals surface area contributed by atoms with Crippen LogP contribution in [0.15, 0.2) is 206 Å². The molecule has 10 aromatic rings. The lowest BCUT2D eigenvalue weighted by molar-refractivity contribution is 0.591. The number of hydrogen-bond acceptors (Lipinski definition) is 4. The second-order valence-corrected chi connectivity index (χ2v) is 25.0. The van der Waals surface area contributed by atoms with Crippen molar-refractivity contribution in [2.24, 2.45) is 0 Å². The second-order valence-electron chi connectivity index (χ2n) is 25.0. The summed E-state index contributed by atoms with van der Waals surface area (Å²) in [6.07, 6.45) is 0. The highest BCUT2D eigenvalue weighted by Gasteiger charge is 2.44. The Bertz CT molecular complexity index is 3410. The van der Waals surface area contributed by atoms with Crippen LogP contribution in [0.2, 0.25) is 0 Å². The first-order chi connectivity index (χ1) is 35.2. The van der Waals surface area contributed by atoms with E-state index < -0.39 is 0 Å². The zero-order valence-corrected chi connectivity index (χ0v) is 45.3. The van der Waals surface area contributed by atoms with Gasteiger partial charge in [-0.05, 0) is 160 Å². The van der Waals surface area contributed by atoms with Crippen LogP contribution >= 0.6 is 0 Å². The molecule has 0 saturated heterocycles. The summed E-state index contributed by atoms with van der Waals surface area (Å²) in [7, 11) is 0. The minimum atomic E-state index is 0.0344. The lowest BCUT2D eigenvalue weighted by Crippen LogP contribution is -2.33. The van der Waals surface area contributed by atoms with Crippen molar-refractivity contribution in [1.82, 2.24) is 0 Å². The number of hydrogen-bond donors (Lipinski definition) is 0. The first kappa shape index (κ1) is 47.2. The number of nitrogens with zero attached hydrogens (tertiary/aromatic N) is 4. The molecule has 0 N–H and O–H groups in total. The summed E-state index contributed by atoms with van der Waals surface area (Å²) in [6, 6.07) is 74.0. The zero-order valence-electron chi connectivity index (χ0n) is 45.3. The molecule has 368 valence electrons. The second kappa shape index (κ2) is 16.9. The summed E-state index contributed by atoms with van der Waals surface area (Å²) >= 11 is 0.